The lowest BCUT2D eigenvalue weighted by Crippen LogP contribution is -2.49. The number of phenolic OH excluding ortho intramolecular Hbond substituents is 2. The minimum Gasteiger partial charge on any atom is -0.508 e. The van der Waals surface area contributed by atoms with E-state index in [-0.39, 0.29) is 29.6 Å². The van der Waals surface area contributed by atoms with Crippen molar-refractivity contribution in [1.29, 1.82) is 0 Å². The Labute approximate surface area is 119 Å². The van der Waals surface area contributed by atoms with Crippen molar-refractivity contribution in [3.05, 3.63) is 23.8 Å². The summed E-state index contributed by atoms with van der Waals surface area (Å²) in [6.45, 7) is 7.55. The van der Waals surface area contributed by atoms with Crippen molar-refractivity contribution in [3.8, 4) is 11.5 Å². The third-order valence-corrected chi connectivity index (χ3v) is 3.97. The highest BCUT2D eigenvalue weighted by Gasteiger charge is 2.37. The molecule has 0 aromatic heterocycles. The van der Waals surface area contributed by atoms with Crippen LogP contribution in [0.3, 0.4) is 0 Å². The fourth-order valence-electron chi connectivity index (χ4n) is 2.90. The van der Waals surface area contributed by atoms with Gasteiger partial charge in [-0.15, -0.1) is 0 Å². The van der Waals surface area contributed by atoms with Crippen molar-refractivity contribution in [1.82, 2.24) is 10.2 Å². The molecule has 1 heterocycles. The summed E-state index contributed by atoms with van der Waals surface area (Å²) in [6, 6.07) is 4.60. The molecule has 0 unspecified atom stereocenters. The van der Waals surface area contributed by atoms with E-state index >= 15 is 0 Å². The topological polar surface area (TPSA) is 76.0 Å². The summed E-state index contributed by atoms with van der Waals surface area (Å²) in [5, 5.41) is 32.7. The van der Waals surface area contributed by atoms with E-state index in [0.29, 0.717) is 0 Å². The lowest BCUT2D eigenvalue weighted by Gasteiger charge is -2.43. The van der Waals surface area contributed by atoms with Gasteiger partial charge in [-0.1, -0.05) is 19.9 Å². The average molecular weight is 280 g/mol. The molecule has 20 heavy (non-hydrogen) atoms. The molecule has 1 aromatic carbocycles. The van der Waals surface area contributed by atoms with E-state index in [2.05, 4.69) is 10.2 Å². The van der Waals surface area contributed by atoms with Crippen LogP contribution in [0.5, 0.6) is 11.5 Å². The second kappa shape index (κ2) is 5.99. The Morgan fingerprint density at radius 2 is 1.90 bits per heavy atom. The van der Waals surface area contributed by atoms with Gasteiger partial charge >= 0.3 is 0 Å². The monoisotopic (exact) mass is 280 g/mol. The first-order chi connectivity index (χ1) is 9.45. The van der Waals surface area contributed by atoms with E-state index < -0.39 is 0 Å². The molecule has 0 radical (unpaired) electrons. The number of nitrogens with zero attached hydrogens (tertiary/aromatic N) is 1. The zero-order valence-electron chi connectivity index (χ0n) is 12.1. The first kappa shape index (κ1) is 15.1. The number of nitrogens with one attached hydrogen (secondary N) is 1. The van der Waals surface area contributed by atoms with Crippen LogP contribution in [0, 0.1) is 5.41 Å². The first-order valence-electron chi connectivity index (χ1n) is 7.03. The van der Waals surface area contributed by atoms with Gasteiger partial charge in [-0.3, -0.25) is 4.90 Å². The van der Waals surface area contributed by atoms with Crippen LogP contribution in [0.4, 0.5) is 0 Å². The molecule has 112 valence electrons. The van der Waals surface area contributed by atoms with Crippen molar-refractivity contribution in [2.45, 2.75) is 19.9 Å². The van der Waals surface area contributed by atoms with Crippen molar-refractivity contribution in [3.63, 3.8) is 0 Å². The van der Waals surface area contributed by atoms with Gasteiger partial charge in [0.1, 0.15) is 11.5 Å². The molecule has 1 aliphatic heterocycles. The molecular formula is C15H24N2O3. The van der Waals surface area contributed by atoms with Crippen molar-refractivity contribution < 1.29 is 15.3 Å². The number of phenols is 2. The van der Waals surface area contributed by atoms with Crippen LogP contribution >= 0.6 is 0 Å². The van der Waals surface area contributed by atoms with Gasteiger partial charge in [0.15, 0.2) is 0 Å². The van der Waals surface area contributed by atoms with Crippen molar-refractivity contribution in [2.24, 2.45) is 5.41 Å². The normalized spacial score (nSPS) is 18.9. The number of hydrogen-bond donors (Lipinski definition) is 4. The fourth-order valence-corrected chi connectivity index (χ4v) is 2.90. The predicted octanol–water partition coefficient (Wildman–Crippen LogP) is 1.06. The van der Waals surface area contributed by atoms with Gasteiger partial charge in [0.05, 0.1) is 0 Å². The summed E-state index contributed by atoms with van der Waals surface area (Å²) < 4.78 is 0. The van der Waals surface area contributed by atoms with Crippen LogP contribution in [-0.2, 0) is 0 Å². The number of aliphatic hydroxyl groups excluding tert-OH is 1. The Kier molecular flexibility index (Phi) is 4.52. The summed E-state index contributed by atoms with van der Waals surface area (Å²) >= 11 is 0. The number of rotatable bonds is 4. The largest absolute Gasteiger partial charge is 0.508 e. The molecule has 1 atom stereocenters. The van der Waals surface area contributed by atoms with E-state index in [9.17, 15) is 15.3 Å². The molecule has 2 rings (SSSR count). The summed E-state index contributed by atoms with van der Waals surface area (Å²) in [5.41, 5.74) is 0.370. The van der Waals surface area contributed by atoms with Crippen LogP contribution < -0.4 is 5.32 Å². The second-order valence-corrected chi connectivity index (χ2v) is 6.08. The Balaban J connectivity index is 2.39. The molecule has 5 nitrogen and oxygen atoms in total. The van der Waals surface area contributed by atoms with Crippen LogP contribution in [0.15, 0.2) is 18.2 Å². The van der Waals surface area contributed by atoms with Gasteiger partial charge < -0.3 is 20.6 Å². The van der Waals surface area contributed by atoms with Gasteiger partial charge in [0, 0.05) is 55.9 Å². The maximum atomic E-state index is 10.2. The van der Waals surface area contributed by atoms with Crippen LogP contribution in [-0.4, -0.2) is 53.0 Å². The molecule has 1 aromatic rings. The highest BCUT2D eigenvalue weighted by atomic mass is 16.3. The summed E-state index contributed by atoms with van der Waals surface area (Å²) in [6.07, 6.45) is 0. The van der Waals surface area contributed by atoms with Crippen LogP contribution in [0.1, 0.15) is 25.5 Å². The maximum Gasteiger partial charge on any atom is 0.124 e. The molecule has 0 aliphatic carbocycles. The predicted molar refractivity (Wildman–Crippen MR) is 77.8 cm³/mol. The molecule has 0 spiro atoms. The Hall–Kier alpha value is -1.30. The van der Waals surface area contributed by atoms with E-state index in [1.807, 2.05) is 13.8 Å². The second-order valence-electron chi connectivity index (χ2n) is 6.08. The number of piperazine rings is 1. The summed E-state index contributed by atoms with van der Waals surface area (Å²) in [5.74, 6) is 0.127. The Morgan fingerprint density at radius 1 is 1.25 bits per heavy atom. The molecule has 1 aliphatic rings. The third kappa shape index (κ3) is 3.06. The molecule has 5 heteroatoms. The maximum absolute atomic E-state index is 10.2. The van der Waals surface area contributed by atoms with Crippen molar-refractivity contribution >= 4 is 0 Å². The molecule has 1 saturated heterocycles. The van der Waals surface area contributed by atoms with Crippen LogP contribution in [0.25, 0.3) is 0 Å². The van der Waals surface area contributed by atoms with E-state index in [0.717, 1.165) is 31.7 Å². The molecule has 0 amide bonds. The van der Waals surface area contributed by atoms with E-state index in [4.69, 9.17) is 0 Å². The Bertz CT molecular complexity index is 456. The number of aromatic hydroxyl groups is 2. The molecule has 1 fully saturated rings. The van der Waals surface area contributed by atoms with Gasteiger partial charge in [-0.05, 0) is 6.07 Å². The zero-order valence-corrected chi connectivity index (χ0v) is 12.1. The summed E-state index contributed by atoms with van der Waals surface area (Å²) in [4.78, 5) is 2.28. The first-order valence-corrected chi connectivity index (χ1v) is 7.03. The van der Waals surface area contributed by atoms with E-state index in [1.54, 1.807) is 12.1 Å². The van der Waals surface area contributed by atoms with Gasteiger partial charge in [-0.2, -0.15) is 0 Å². The standard InChI is InChI=1S/C15H24N2O3/c1-15(2,10-18)14(17-7-5-16-6-8-17)12-4-3-11(19)9-13(12)20/h3-4,9,14,16,18-20H,5-8,10H2,1-2H3/t14-/m1/s1. The zero-order chi connectivity index (χ0) is 14.8. The molecule has 0 saturated carbocycles. The van der Waals surface area contributed by atoms with Crippen LogP contribution in [0.2, 0.25) is 0 Å². The number of hydrogen-bond acceptors (Lipinski definition) is 5. The lowest BCUT2D eigenvalue weighted by molar-refractivity contribution is 0.0293. The minimum absolute atomic E-state index is 0.0297. The lowest BCUT2D eigenvalue weighted by atomic mass is 9.79. The minimum atomic E-state index is -0.383. The fraction of sp³-hybridized carbons (Fsp3) is 0.600. The van der Waals surface area contributed by atoms with Gasteiger partial charge in [-0.25, -0.2) is 0 Å². The average Bonchev–Trinajstić information content (AvgIpc) is 2.43. The Morgan fingerprint density at radius 3 is 2.45 bits per heavy atom. The van der Waals surface area contributed by atoms with Crippen molar-refractivity contribution in [2.75, 3.05) is 32.8 Å². The highest BCUT2D eigenvalue weighted by Crippen LogP contribution is 2.42. The quantitative estimate of drug-likeness (QED) is 0.663. The van der Waals surface area contributed by atoms with Gasteiger partial charge in [0.25, 0.3) is 0 Å². The SMILES string of the molecule is CC(C)(CO)[C@@H](c1ccc(O)cc1O)N1CCNCC1. The molecule has 0 bridgehead atoms. The summed E-state index contributed by atoms with van der Waals surface area (Å²) in [7, 11) is 0. The third-order valence-electron chi connectivity index (χ3n) is 3.97. The number of aliphatic hydroxyl groups is 1. The van der Waals surface area contributed by atoms with E-state index in [1.165, 1.54) is 6.07 Å². The molecule has 4 N–H and O–H groups in total. The highest BCUT2D eigenvalue weighted by molar-refractivity contribution is 5.41. The van der Waals surface area contributed by atoms with Gasteiger partial charge in [0.2, 0.25) is 0 Å². The molecular weight excluding hydrogens is 256 g/mol. The number of benzene rings is 1. The smallest absolute Gasteiger partial charge is 0.124 e.